The number of halogens is 1. The van der Waals surface area contributed by atoms with E-state index in [0.29, 0.717) is 23.1 Å². The van der Waals surface area contributed by atoms with Gasteiger partial charge in [0.2, 0.25) is 0 Å². The van der Waals surface area contributed by atoms with Gasteiger partial charge in [-0.15, -0.1) is 0 Å². The normalized spacial score (nSPS) is 10.3. The van der Waals surface area contributed by atoms with E-state index in [9.17, 15) is 0 Å². The molecule has 0 aliphatic heterocycles. The van der Waals surface area contributed by atoms with Crippen LogP contribution in [-0.2, 0) is 6.42 Å². The Hall–Kier alpha value is -1.67. The van der Waals surface area contributed by atoms with Gasteiger partial charge in [-0.1, -0.05) is 48.0 Å². The minimum atomic E-state index is 0.565. The van der Waals surface area contributed by atoms with Crippen molar-refractivity contribution in [3.05, 3.63) is 59.1 Å². The largest absolute Gasteiger partial charge is 0.490 e. The Bertz CT molecular complexity index is 479. The molecule has 3 heteroatoms. The first-order valence-corrected chi connectivity index (χ1v) is 6.36. The van der Waals surface area contributed by atoms with Gasteiger partial charge in [-0.05, 0) is 30.5 Å². The summed E-state index contributed by atoms with van der Waals surface area (Å²) in [6.45, 7) is 0.614. The smallest absolute Gasteiger partial charge is 0.160 e. The molecule has 0 aliphatic carbocycles. The van der Waals surface area contributed by atoms with E-state index in [-0.39, 0.29) is 0 Å². The molecule has 2 nitrogen and oxygen atoms in total. The third-order valence-corrected chi connectivity index (χ3v) is 2.99. The Morgan fingerprint density at radius 1 is 1.00 bits per heavy atom. The summed E-state index contributed by atoms with van der Waals surface area (Å²) in [6, 6.07) is 15.7. The quantitative estimate of drug-likeness (QED) is 0.654. The molecule has 0 bridgehead atoms. The average Bonchev–Trinajstić information content (AvgIpc) is 2.38. The molecule has 0 heterocycles. The van der Waals surface area contributed by atoms with Crippen LogP contribution in [0.15, 0.2) is 48.5 Å². The molecule has 0 fully saturated rings. The van der Waals surface area contributed by atoms with E-state index in [2.05, 4.69) is 12.1 Å². The summed E-state index contributed by atoms with van der Waals surface area (Å²) in [6.07, 6.45) is 1.93. The number of rotatable bonds is 5. The van der Waals surface area contributed by atoms with Crippen molar-refractivity contribution in [2.24, 2.45) is 0 Å². The molecule has 0 atom stereocenters. The van der Waals surface area contributed by atoms with E-state index >= 15 is 0 Å². The monoisotopic (exact) mass is 261 g/mol. The summed E-state index contributed by atoms with van der Waals surface area (Å²) in [5, 5.41) is 0.565. The summed E-state index contributed by atoms with van der Waals surface area (Å²) in [5.41, 5.74) is 7.70. The fraction of sp³-hybridized carbons (Fsp3) is 0.200. The zero-order valence-corrected chi connectivity index (χ0v) is 10.9. The number of para-hydroxylation sites is 1. The van der Waals surface area contributed by atoms with E-state index < -0.39 is 0 Å². The average molecular weight is 262 g/mol. The Morgan fingerprint density at radius 3 is 2.50 bits per heavy atom. The SMILES string of the molecule is Nc1cccc(Cl)c1OCCCc1ccccc1. The topological polar surface area (TPSA) is 35.2 Å². The standard InChI is InChI=1S/C15H16ClNO/c16-13-9-4-10-14(17)15(13)18-11-5-8-12-6-2-1-3-7-12/h1-4,6-7,9-10H,5,8,11,17H2. The van der Waals surface area contributed by atoms with Crippen LogP contribution >= 0.6 is 11.6 Å². The molecule has 0 saturated heterocycles. The van der Waals surface area contributed by atoms with Gasteiger partial charge in [-0.3, -0.25) is 0 Å². The highest BCUT2D eigenvalue weighted by atomic mass is 35.5. The van der Waals surface area contributed by atoms with Crippen LogP contribution in [-0.4, -0.2) is 6.61 Å². The molecule has 2 aromatic carbocycles. The van der Waals surface area contributed by atoms with Gasteiger partial charge in [-0.2, -0.15) is 0 Å². The van der Waals surface area contributed by atoms with Crippen LogP contribution in [0.1, 0.15) is 12.0 Å². The number of nitrogens with two attached hydrogens (primary N) is 1. The molecule has 0 aromatic heterocycles. The van der Waals surface area contributed by atoms with Crippen molar-refractivity contribution in [2.75, 3.05) is 12.3 Å². The first-order chi connectivity index (χ1) is 8.77. The predicted octanol–water partition coefficient (Wildman–Crippen LogP) is 3.93. The molecule has 0 amide bonds. The molecular formula is C15H16ClNO. The van der Waals surface area contributed by atoms with E-state index in [1.54, 1.807) is 12.1 Å². The van der Waals surface area contributed by atoms with Gasteiger partial charge in [0.15, 0.2) is 5.75 Å². The van der Waals surface area contributed by atoms with Crippen molar-refractivity contribution < 1.29 is 4.74 Å². The van der Waals surface area contributed by atoms with Gasteiger partial charge >= 0.3 is 0 Å². The van der Waals surface area contributed by atoms with Crippen LogP contribution in [0.5, 0.6) is 5.75 Å². The molecule has 2 N–H and O–H groups in total. The van der Waals surface area contributed by atoms with Crippen LogP contribution < -0.4 is 10.5 Å². The Morgan fingerprint density at radius 2 is 1.78 bits per heavy atom. The van der Waals surface area contributed by atoms with E-state index in [1.165, 1.54) is 5.56 Å². The van der Waals surface area contributed by atoms with Crippen LogP contribution in [0, 0.1) is 0 Å². The molecule has 0 unspecified atom stereocenters. The van der Waals surface area contributed by atoms with Crippen LogP contribution in [0.3, 0.4) is 0 Å². The molecular weight excluding hydrogens is 246 g/mol. The molecule has 2 aromatic rings. The highest BCUT2D eigenvalue weighted by Gasteiger charge is 2.04. The number of anilines is 1. The fourth-order valence-electron chi connectivity index (χ4n) is 1.77. The zero-order valence-electron chi connectivity index (χ0n) is 10.1. The van der Waals surface area contributed by atoms with Crippen LogP contribution in [0.4, 0.5) is 5.69 Å². The van der Waals surface area contributed by atoms with Gasteiger partial charge < -0.3 is 10.5 Å². The molecule has 0 aliphatic rings. The van der Waals surface area contributed by atoms with Gasteiger partial charge in [0, 0.05) is 0 Å². The summed E-state index contributed by atoms with van der Waals surface area (Å²) >= 11 is 6.02. The van der Waals surface area contributed by atoms with Gasteiger partial charge in [0.25, 0.3) is 0 Å². The predicted molar refractivity (Wildman–Crippen MR) is 76.1 cm³/mol. The first kappa shape index (κ1) is 12.8. The van der Waals surface area contributed by atoms with E-state index in [4.69, 9.17) is 22.1 Å². The third-order valence-electron chi connectivity index (χ3n) is 2.70. The van der Waals surface area contributed by atoms with Crippen molar-refractivity contribution in [1.82, 2.24) is 0 Å². The van der Waals surface area contributed by atoms with Gasteiger partial charge in [0.05, 0.1) is 17.3 Å². The molecule has 94 valence electrons. The van der Waals surface area contributed by atoms with Crippen LogP contribution in [0.25, 0.3) is 0 Å². The number of hydrogen-bond donors (Lipinski definition) is 1. The van der Waals surface area contributed by atoms with Gasteiger partial charge in [0.1, 0.15) is 0 Å². The maximum Gasteiger partial charge on any atom is 0.160 e. The summed E-state index contributed by atoms with van der Waals surface area (Å²) in [4.78, 5) is 0. The van der Waals surface area contributed by atoms with Crippen molar-refractivity contribution in [1.29, 1.82) is 0 Å². The Labute approximate surface area is 112 Å². The van der Waals surface area contributed by atoms with Crippen molar-refractivity contribution in [3.63, 3.8) is 0 Å². The van der Waals surface area contributed by atoms with Crippen molar-refractivity contribution >= 4 is 17.3 Å². The summed E-state index contributed by atoms with van der Waals surface area (Å²) in [7, 11) is 0. The number of nitrogen functional groups attached to an aromatic ring is 1. The van der Waals surface area contributed by atoms with Crippen molar-refractivity contribution in [2.45, 2.75) is 12.8 Å². The second kappa shape index (κ2) is 6.31. The fourth-order valence-corrected chi connectivity index (χ4v) is 2.01. The molecule has 0 radical (unpaired) electrons. The van der Waals surface area contributed by atoms with E-state index in [1.807, 2.05) is 24.3 Å². The number of ether oxygens (including phenoxy) is 1. The Kier molecular flexibility index (Phi) is 4.48. The number of aryl methyl sites for hydroxylation is 1. The minimum Gasteiger partial charge on any atom is -0.490 e. The zero-order chi connectivity index (χ0) is 12.8. The molecule has 2 rings (SSSR count). The lowest BCUT2D eigenvalue weighted by molar-refractivity contribution is 0.313. The first-order valence-electron chi connectivity index (χ1n) is 5.98. The summed E-state index contributed by atoms with van der Waals surface area (Å²) in [5.74, 6) is 0.590. The lowest BCUT2D eigenvalue weighted by atomic mass is 10.1. The maximum absolute atomic E-state index is 6.02. The number of benzene rings is 2. The minimum absolute atomic E-state index is 0.565. The highest BCUT2D eigenvalue weighted by molar-refractivity contribution is 6.32. The lowest BCUT2D eigenvalue weighted by Crippen LogP contribution is -2.02. The number of hydrogen-bond acceptors (Lipinski definition) is 2. The van der Waals surface area contributed by atoms with E-state index in [0.717, 1.165) is 12.8 Å². The van der Waals surface area contributed by atoms with Crippen molar-refractivity contribution in [3.8, 4) is 5.75 Å². The van der Waals surface area contributed by atoms with Crippen LogP contribution in [0.2, 0.25) is 5.02 Å². The molecule has 0 spiro atoms. The second-order valence-electron chi connectivity index (χ2n) is 4.10. The Balaban J connectivity index is 1.82. The highest BCUT2D eigenvalue weighted by Crippen LogP contribution is 2.30. The summed E-state index contributed by atoms with van der Waals surface area (Å²) < 4.78 is 5.63. The van der Waals surface area contributed by atoms with Gasteiger partial charge in [-0.25, -0.2) is 0 Å². The molecule has 0 saturated carbocycles. The maximum atomic E-state index is 6.02. The third kappa shape index (κ3) is 3.41. The second-order valence-corrected chi connectivity index (χ2v) is 4.50. The lowest BCUT2D eigenvalue weighted by Gasteiger charge is -2.10. The molecule has 18 heavy (non-hydrogen) atoms.